The second kappa shape index (κ2) is 7.93. The monoisotopic (exact) mass is 262 g/mol. The maximum Gasteiger partial charge on any atom is 0.237 e. The van der Waals surface area contributed by atoms with Crippen LogP contribution in [0.4, 0.5) is 0 Å². The van der Waals surface area contributed by atoms with Crippen LogP contribution in [0.25, 0.3) is 0 Å². The minimum atomic E-state index is -0.359. The molecule has 4 heteroatoms. The average Bonchev–Trinajstić information content (AvgIpc) is 2.26. The molecule has 1 aliphatic rings. The Labute approximate surface area is 111 Å². The number of halogens is 1. The number of amides is 1. The second-order valence-corrected chi connectivity index (χ2v) is 5.64. The lowest BCUT2D eigenvalue weighted by Crippen LogP contribution is -2.45. The number of carbonyl (C=O) groups is 1. The Kier molecular flexibility index (Phi) is 7.80. The standard InChI is InChI=1S/C13H26N2O.ClH/c1-9(2)12(14)13(16)15-8-11-6-4-10(3)5-7-11;/h9-12H,4-8,14H2,1-3H3,(H,15,16);1H. The van der Waals surface area contributed by atoms with Gasteiger partial charge in [0.2, 0.25) is 5.91 Å². The highest BCUT2D eigenvalue weighted by molar-refractivity contribution is 5.85. The Morgan fingerprint density at radius 3 is 2.29 bits per heavy atom. The lowest BCUT2D eigenvalue weighted by Gasteiger charge is -2.27. The molecule has 0 aromatic heterocycles. The van der Waals surface area contributed by atoms with Crippen LogP contribution in [-0.2, 0) is 4.79 Å². The first-order chi connectivity index (χ1) is 7.50. The van der Waals surface area contributed by atoms with Gasteiger partial charge in [-0.25, -0.2) is 0 Å². The largest absolute Gasteiger partial charge is 0.354 e. The summed E-state index contributed by atoms with van der Waals surface area (Å²) in [6, 6.07) is -0.359. The smallest absolute Gasteiger partial charge is 0.237 e. The highest BCUT2D eigenvalue weighted by atomic mass is 35.5. The Bertz CT molecular complexity index is 225. The van der Waals surface area contributed by atoms with Crippen LogP contribution in [0.2, 0.25) is 0 Å². The third kappa shape index (κ3) is 5.73. The molecule has 3 N–H and O–H groups in total. The summed E-state index contributed by atoms with van der Waals surface area (Å²) in [4.78, 5) is 11.7. The van der Waals surface area contributed by atoms with Gasteiger partial charge in [0.15, 0.2) is 0 Å². The maximum atomic E-state index is 11.7. The number of nitrogens with two attached hydrogens (primary N) is 1. The van der Waals surface area contributed by atoms with Crippen molar-refractivity contribution in [3.05, 3.63) is 0 Å². The molecule has 1 saturated carbocycles. The van der Waals surface area contributed by atoms with Crippen LogP contribution in [0, 0.1) is 17.8 Å². The summed E-state index contributed by atoms with van der Waals surface area (Å²) in [7, 11) is 0. The van der Waals surface area contributed by atoms with E-state index < -0.39 is 0 Å². The Hall–Kier alpha value is -0.280. The fourth-order valence-corrected chi connectivity index (χ4v) is 2.20. The molecule has 3 nitrogen and oxygen atoms in total. The molecule has 0 aromatic rings. The van der Waals surface area contributed by atoms with E-state index in [4.69, 9.17) is 5.73 Å². The molecular formula is C13H27ClN2O. The molecule has 0 saturated heterocycles. The van der Waals surface area contributed by atoms with Gasteiger partial charge in [-0.15, -0.1) is 12.4 Å². The van der Waals surface area contributed by atoms with Crippen LogP contribution < -0.4 is 11.1 Å². The molecular weight excluding hydrogens is 236 g/mol. The predicted octanol–water partition coefficient (Wildman–Crippen LogP) is 2.33. The van der Waals surface area contributed by atoms with Gasteiger partial charge in [0.1, 0.15) is 0 Å². The van der Waals surface area contributed by atoms with Crippen molar-refractivity contribution in [1.29, 1.82) is 0 Å². The van der Waals surface area contributed by atoms with Crippen LogP contribution in [0.3, 0.4) is 0 Å². The number of carbonyl (C=O) groups excluding carboxylic acids is 1. The van der Waals surface area contributed by atoms with E-state index in [-0.39, 0.29) is 30.3 Å². The van der Waals surface area contributed by atoms with Crippen molar-refractivity contribution in [1.82, 2.24) is 5.32 Å². The summed E-state index contributed by atoms with van der Waals surface area (Å²) in [5.41, 5.74) is 5.79. The van der Waals surface area contributed by atoms with Crippen LogP contribution in [0.5, 0.6) is 0 Å². The van der Waals surface area contributed by atoms with Crippen LogP contribution in [0.1, 0.15) is 46.5 Å². The summed E-state index contributed by atoms with van der Waals surface area (Å²) >= 11 is 0. The van der Waals surface area contributed by atoms with Crippen molar-refractivity contribution in [2.24, 2.45) is 23.5 Å². The van der Waals surface area contributed by atoms with Gasteiger partial charge in [-0.1, -0.05) is 33.6 Å². The summed E-state index contributed by atoms with van der Waals surface area (Å²) in [6.07, 6.45) is 5.10. The SMILES string of the molecule is CC1CCC(CNC(=O)C(N)C(C)C)CC1.Cl. The maximum absolute atomic E-state index is 11.7. The fourth-order valence-electron chi connectivity index (χ4n) is 2.20. The molecule has 102 valence electrons. The molecule has 1 unspecified atom stereocenters. The zero-order valence-corrected chi connectivity index (χ0v) is 12.1. The molecule has 1 rings (SSSR count). The Morgan fingerprint density at radius 1 is 1.29 bits per heavy atom. The first kappa shape index (κ1) is 16.7. The molecule has 0 heterocycles. The zero-order valence-electron chi connectivity index (χ0n) is 11.2. The van der Waals surface area contributed by atoms with Gasteiger partial charge in [-0.2, -0.15) is 0 Å². The number of rotatable bonds is 4. The molecule has 0 radical (unpaired) electrons. The predicted molar refractivity (Wildman–Crippen MR) is 74.2 cm³/mol. The summed E-state index contributed by atoms with van der Waals surface area (Å²) < 4.78 is 0. The van der Waals surface area contributed by atoms with E-state index in [0.29, 0.717) is 5.92 Å². The van der Waals surface area contributed by atoms with Gasteiger partial charge in [0.25, 0.3) is 0 Å². The van der Waals surface area contributed by atoms with Crippen LogP contribution in [0.15, 0.2) is 0 Å². The highest BCUT2D eigenvalue weighted by Crippen LogP contribution is 2.27. The van der Waals surface area contributed by atoms with Gasteiger partial charge in [-0.3, -0.25) is 4.79 Å². The van der Waals surface area contributed by atoms with Crippen molar-refractivity contribution in [2.75, 3.05) is 6.54 Å². The Balaban J connectivity index is 0.00000256. The number of hydrogen-bond donors (Lipinski definition) is 2. The third-order valence-corrected chi connectivity index (χ3v) is 3.72. The van der Waals surface area contributed by atoms with Crippen molar-refractivity contribution >= 4 is 18.3 Å². The van der Waals surface area contributed by atoms with Crippen molar-refractivity contribution in [3.63, 3.8) is 0 Å². The third-order valence-electron chi connectivity index (χ3n) is 3.72. The van der Waals surface area contributed by atoms with E-state index in [0.717, 1.165) is 12.5 Å². The first-order valence-electron chi connectivity index (χ1n) is 6.54. The zero-order chi connectivity index (χ0) is 12.1. The minimum absolute atomic E-state index is 0. The molecule has 0 aromatic carbocycles. The molecule has 0 bridgehead atoms. The van der Waals surface area contributed by atoms with Gasteiger partial charge in [-0.05, 0) is 30.6 Å². The summed E-state index contributed by atoms with van der Waals surface area (Å²) in [5.74, 6) is 1.75. The normalized spacial score (nSPS) is 26.2. The van der Waals surface area contributed by atoms with E-state index in [1.54, 1.807) is 0 Å². The number of nitrogens with one attached hydrogen (secondary N) is 1. The summed E-state index contributed by atoms with van der Waals surface area (Å²) in [6.45, 7) is 7.08. The lowest BCUT2D eigenvalue weighted by atomic mass is 9.83. The van der Waals surface area contributed by atoms with E-state index in [1.165, 1.54) is 25.7 Å². The van der Waals surface area contributed by atoms with Gasteiger partial charge in [0, 0.05) is 6.54 Å². The van der Waals surface area contributed by atoms with E-state index in [9.17, 15) is 4.79 Å². The average molecular weight is 263 g/mol. The molecule has 1 amide bonds. The fraction of sp³-hybridized carbons (Fsp3) is 0.923. The van der Waals surface area contributed by atoms with Crippen LogP contribution in [-0.4, -0.2) is 18.5 Å². The molecule has 1 aliphatic carbocycles. The first-order valence-corrected chi connectivity index (χ1v) is 6.54. The number of hydrogen-bond acceptors (Lipinski definition) is 2. The molecule has 1 atom stereocenters. The van der Waals surface area contributed by atoms with Gasteiger partial charge < -0.3 is 11.1 Å². The second-order valence-electron chi connectivity index (χ2n) is 5.64. The highest BCUT2D eigenvalue weighted by Gasteiger charge is 2.21. The lowest BCUT2D eigenvalue weighted by molar-refractivity contribution is -0.123. The molecule has 1 fully saturated rings. The minimum Gasteiger partial charge on any atom is -0.354 e. The molecule has 0 spiro atoms. The van der Waals surface area contributed by atoms with Gasteiger partial charge in [0.05, 0.1) is 6.04 Å². The van der Waals surface area contributed by atoms with E-state index in [1.807, 2.05) is 13.8 Å². The van der Waals surface area contributed by atoms with Gasteiger partial charge >= 0.3 is 0 Å². The van der Waals surface area contributed by atoms with Crippen LogP contribution >= 0.6 is 12.4 Å². The topological polar surface area (TPSA) is 55.1 Å². The van der Waals surface area contributed by atoms with Crippen molar-refractivity contribution < 1.29 is 4.79 Å². The van der Waals surface area contributed by atoms with E-state index in [2.05, 4.69) is 12.2 Å². The van der Waals surface area contributed by atoms with E-state index >= 15 is 0 Å². The van der Waals surface area contributed by atoms with Crippen molar-refractivity contribution in [2.45, 2.75) is 52.5 Å². The molecule has 17 heavy (non-hydrogen) atoms. The summed E-state index contributed by atoms with van der Waals surface area (Å²) in [5, 5.41) is 2.98. The molecule has 0 aliphatic heterocycles. The van der Waals surface area contributed by atoms with Crippen molar-refractivity contribution in [3.8, 4) is 0 Å². The quantitative estimate of drug-likeness (QED) is 0.817. The Morgan fingerprint density at radius 2 is 1.82 bits per heavy atom.